The Morgan fingerprint density at radius 2 is 2.33 bits per heavy atom. The highest BCUT2D eigenvalue weighted by molar-refractivity contribution is 5.76. The first-order valence-electron chi connectivity index (χ1n) is 5.78. The molecule has 0 bridgehead atoms. The number of rotatable bonds is 5. The van der Waals surface area contributed by atoms with Crippen LogP contribution in [-0.4, -0.2) is 38.3 Å². The Morgan fingerprint density at radius 1 is 1.53 bits per heavy atom. The first-order chi connectivity index (χ1) is 7.22. The van der Waals surface area contributed by atoms with Gasteiger partial charge in [0.15, 0.2) is 0 Å². The molecule has 2 atom stereocenters. The van der Waals surface area contributed by atoms with Gasteiger partial charge in [-0.25, -0.2) is 0 Å². The third-order valence-corrected chi connectivity index (χ3v) is 2.68. The van der Waals surface area contributed by atoms with E-state index in [0.29, 0.717) is 12.5 Å². The summed E-state index contributed by atoms with van der Waals surface area (Å²) < 4.78 is 5.43. The van der Waals surface area contributed by atoms with Crippen LogP contribution in [0, 0.1) is 0 Å². The molecule has 1 fully saturated rings. The fourth-order valence-corrected chi connectivity index (χ4v) is 1.85. The van der Waals surface area contributed by atoms with Gasteiger partial charge in [-0.15, -0.1) is 0 Å². The lowest BCUT2D eigenvalue weighted by Crippen LogP contribution is -2.41. The minimum atomic E-state index is 0.171. The van der Waals surface area contributed by atoms with Crippen molar-refractivity contribution in [3.05, 3.63) is 0 Å². The summed E-state index contributed by atoms with van der Waals surface area (Å²) in [4.78, 5) is 11.5. The fraction of sp³-hybridized carbons (Fsp3) is 0.909. The highest BCUT2D eigenvalue weighted by atomic mass is 16.5. The lowest BCUT2D eigenvalue weighted by molar-refractivity contribution is -0.122. The van der Waals surface area contributed by atoms with E-state index in [1.165, 1.54) is 0 Å². The van der Waals surface area contributed by atoms with Gasteiger partial charge in [-0.05, 0) is 39.8 Å². The SMILES string of the molecule is CNCCCC(=O)NC1CCOC(C)C1. The van der Waals surface area contributed by atoms with Gasteiger partial charge < -0.3 is 15.4 Å². The molecule has 1 saturated heterocycles. The standard InChI is InChI=1S/C11H22N2O2/c1-9-8-10(5-7-15-9)13-11(14)4-3-6-12-2/h9-10,12H,3-8H2,1-2H3,(H,13,14). The fourth-order valence-electron chi connectivity index (χ4n) is 1.85. The van der Waals surface area contributed by atoms with Crippen LogP contribution in [0.25, 0.3) is 0 Å². The average molecular weight is 214 g/mol. The van der Waals surface area contributed by atoms with Crippen LogP contribution in [-0.2, 0) is 9.53 Å². The highest BCUT2D eigenvalue weighted by Gasteiger charge is 2.20. The summed E-state index contributed by atoms with van der Waals surface area (Å²) in [5.41, 5.74) is 0. The third-order valence-electron chi connectivity index (χ3n) is 2.68. The highest BCUT2D eigenvalue weighted by Crippen LogP contribution is 2.13. The van der Waals surface area contributed by atoms with Crippen molar-refractivity contribution in [3.8, 4) is 0 Å². The third kappa shape index (κ3) is 5.14. The Hall–Kier alpha value is -0.610. The molecule has 88 valence electrons. The first kappa shape index (κ1) is 12.5. The second kappa shape index (κ2) is 6.80. The van der Waals surface area contributed by atoms with E-state index >= 15 is 0 Å². The zero-order valence-corrected chi connectivity index (χ0v) is 9.71. The van der Waals surface area contributed by atoms with E-state index in [2.05, 4.69) is 17.6 Å². The normalized spacial score (nSPS) is 26.3. The molecule has 1 aliphatic heterocycles. The predicted molar refractivity (Wildman–Crippen MR) is 59.7 cm³/mol. The second-order valence-electron chi connectivity index (χ2n) is 4.18. The van der Waals surface area contributed by atoms with Gasteiger partial charge in [0.25, 0.3) is 0 Å². The van der Waals surface area contributed by atoms with Gasteiger partial charge in [0, 0.05) is 19.1 Å². The van der Waals surface area contributed by atoms with Crippen molar-refractivity contribution < 1.29 is 9.53 Å². The summed E-state index contributed by atoms with van der Waals surface area (Å²) in [6.45, 7) is 3.72. The van der Waals surface area contributed by atoms with E-state index in [1.54, 1.807) is 0 Å². The quantitative estimate of drug-likeness (QED) is 0.661. The zero-order chi connectivity index (χ0) is 11.1. The number of nitrogens with one attached hydrogen (secondary N) is 2. The molecule has 0 aliphatic carbocycles. The molecule has 0 aromatic carbocycles. The van der Waals surface area contributed by atoms with Crippen LogP contribution in [0.4, 0.5) is 0 Å². The Morgan fingerprint density at radius 3 is 3.00 bits per heavy atom. The molecule has 0 aromatic heterocycles. The minimum absolute atomic E-state index is 0.171. The van der Waals surface area contributed by atoms with Gasteiger partial charge in [-0.1, -0.05) is 0 Å². The molecule has 1 heterocycles. The summed E-state index contributed by atoms with van der Waals surface area (Å²) in [6.07, 6.45) is 3.69. The van der Waals surface area contributed by atoms with E-state index in [9.17, 15) is 4.79 Å². The van der Waals surface area contributed by atoms with E-state index in [-0.39, 0.29) is 12.0 Å². The van der Waals surface area contributed by atoms with Gasteiger partial charge in [0.05, 0.1) is 6.10 Å². The summed E-state index contributed by atoms with van der Waals surface area (Å²) >= 11 is 0. The monoisotopic (exact) mass is 214 g/mol. The van der Waals surface area contributed by atoms with Crippen LogP contribution >= 0.6 is 0 Å². The van der Waals surface area contributed by atoms with Crippen molar-refractivity contribution >= 4 is 5.91 Å². The summed E-state index contributed by atoms with van der Waals surface area (Å²) in [6, 6.07) is 0.316. The van der Waals surface area contributed by atoms with E-state index in [1.807, 2.05) is 7.05 Å². The maximum atomic E-state index is 11.5. The second-order valence-corrected chi connectivity index (χ2v) is 4.18. The molecule has 1 amide bonds. The minimum Gasteiger partial charge on any atom is -0.378 e. The molecule has 1 rings (SSSR count). The average Bonchev–Trinajstić information content (AvgIpc) is 2.18. The lowest BCUT2D eigenvalue weighted by Gasteiger charge is -2.27. The van der Waals surface area contributed by atoms with Crippen molar-refractivity contribution in [2.24, 2.45) is 0 Å². The van der Waals surface area contributed by atoms with Crippen LogP contribution in [0.3, 0.4) is 0 Å². The molecular weight excluding hydrogens is 192 g/mol. The number of carbonyl (C=O) groups excluding carboxylic acids is 1. The Bertz CT molecular complexity index is 197. The molecule has 1 aliphatic rings. The molecule has 4 heteroatoms. The Labute approximate surface area is 91.8 Å². The van der Waals surface area contributed by atoms with Gasteiger partial charge in [0.2, 0.25) is 5.91 Å². The van der Waals surface area contributed by atoms with Crippen molar-refractivity contribution in [2.45, 2.75) is 44.8 Å². The zero-order valence-electron chi connectivity index (χ0n) is 9.71. The smallest absolute Gasteiger partial charge is 0.220 e. The largest absolute Gasteiger partial charge is 0.378 e. The van der Waals surface area contributed by atoms with Crippen molar-refractivity contribution in [2.75, 3.05) is 20.2 Å². The lowest BCUT2D eigenvalue weighted by atomic mass is 10.0. The van der Waals surface area contributed by atoms with Crippen molar-refractivity contribution in [3.63, 3.8) is 0 Å². The van der Waals surface area contributed by atoms with Crippen LogP contribution < -0.4 is 10.6 Å². The number of hydrogen-bond donors (Lipinski definition) is 2. The van der Waals surface area contributed by atoms with Gasteiger partial charge in [-0.2, -0.15) is 0 Å². The van der Waals surface area contributed by atoms with E-state index in [0.717, 1.165) is 32.4 Å². The maximum absolute atomic E-state index is 11.5. The van der Waals surface area contributed by atoms with Crippen molar-refractivity contribution in [1.29, 1.82) is 0 Å². The number of amides is 1. The maximum Gasteiger partial charge on any atom is 0.220 e. The topological polar surface area (TPSA) is 50.4 Å². The molecule has 0 aromatic rings. The van der Waals surface area contributed by atoms with Crippen LogP contribution in [0.15, 0.2) is 0 Å². The van der Waals surface area contributed by atoms with Gasteiger partial charge >= 0.3 is 0 Å². The summed E-state index contributed by atoms with van der Waals surface area (Å²) in [7, 11) is 1.90. The Kier molecular flexibility index (Phi) is 5.65. The molecule has 0 spiro atoms. The number of ether oxygens (including phenoxy) is 1. The van der Waals surface area contributed by atoms with Gasteiger partial charge in [0.1, 0.15) is 0 Å². The van der Waals surface area contributed by atoms with Crippen LogP contribution in [0.2, 0.25) is 0 Å². The molecule has 0 saturated carbocycles. The summed E-state index contributed by atoms with van der Waals surface area (Å²) in [5, 5.41) is 6.10. The molecule has 0 radical (unpaired) electrons. The van der Waals surface area contributed by atoms with E-state index in [4.69, 9.17) is 4.74 Å². The first-order valence-corrected chi connectivity index (χ1v) is 5.78. The predicted octanol–water partition coefficient (Wildman–Crippen LogP) is 0.670. The molecule has 4 nitrogen and oxygen atoms in total. The molecule has 2 unspecified atom stereocenters. The molecule has 15 heavy (non-hydrogen) atoms. The number of carbonyl (C=O) groups is 1. The molecule has 2 N–H and O–H groups in total. The number of hydrogen-bond acceptors (Lipinski definition) is 3. The van der Waals surface area contributed by atoms with E-state index < -0.39 is 0 Å². The molecular formula is C11H22N2O2. The Balaban J connectivity index is 2.13. The van der Waals surface area contributed by atoms with Crippen LogP contribution in [0.5, 0.6) is 0 Å². The van der Waals surface area contributed by atoms with Gasteiger partial charge in [-0.3, -0.25) is 4.79 Å². The summed E-state index contributed by atoms with van der Waals surface area (Å²) in [5.74, 6) is 0.171. The van der Waals surface area contributed by atoms with Crippen molar-refractivity contribution in [1.82, 2.24) is 10.6 Å². The van der Waals surface area contributed by atoms with Crippen LogP contribution in [0.1, 0.15) is 32.6 Å².